The zero-order valence-corrected chi connectivity index (χ0v) is 17.7. The molecule has 166 valence electrons. The molecule has 0 aromatic heterocycles. The van der Waals surface area contributed by atoms with Crippen LogP contribution in [0.25, 0.3) is 11.1 Å². The monoisotopic (exact) mass is 460 g/mol. The molecule has 0 unspecified atom stereocenters. The van der Waals surface area contributed by atoms with Crippen molar-refractivity contribution in [1.29, 1.82) is 0 Å². The molecule has 4 rings (SSSR count). The van der Waals surface area contributed by atoms with Gasteiger partial charge in [-0.25, -0.2) is 21.6 Å². The maximum Gasteiger partial charge on any atom is 0.253 e. The maximum absolute atomic E-state index is 14.0. The van der Waals surface area contributed by atoms with E-state index in [0.717, 1.165) is 15.4 Å². The van der Waals surface area contributed by atoms with Crippen LogP contribution >= 0.6 is 0 Å². The number of carbonyl (C=O) groups is 1. The third kappa shape index (κ3) is 4.13. The molecule has 5 nitrogen and oxygen atoms in total. The second-order valence-electron chi connectivity index (χ2n) is 7.31. The Kier molecular flexibility index (Phi) is 6.03. The van der Waals surface area contributed by atoms with Crippen LogP contribution in [0.4, 0.5) is 13.2 Å². The van der Waals surface area contributed by atoms with Crippen LogP contribution in [0.5, 0.6) is 0 Å². The van der Waals surface area contributed by atoms with Crippen LogP contribution in [0.1, 0.15) is 10.4 Å². The molecule has 0 saturated carbocycles. The van der Waals surface area contributed by atoms with Crippen LogP contribution in [0.3, 0.4) is 0 Å². The van der Waals surface area contributed by atoms with Crippen molar-refractivity contribution >= 4 is 15.9 Å². The fraction of sp³-hybridized carbons (Fsp3) is 0.174. The molecule has 3 aromatic carbocycles. The summed E-state index contributed by atoms with van der Waals surface area (Å²) in [7, 11) is -4.37. The van der Waals surface area contributed by atoms with Crippen molar-refractivity contribution in [1.82, 2.24) is 9.21 Å². The van der Waals surface area contributed by atoms with E-state index < -0.39 is 32.4 Å². The minimum Gasteiger partial charge on any atom is -0.336 e. The zero-order chi connectivity index (χ0) is 22.9. The molecule has 0 bridgehead atoms. The van der Waals surface area contributed by atoms with Crippen LogP contribution in [0.2, 0.25) is 0 Å². The number of amides is 1. The lowest BCUT2D eigenvalue weighted by Gasteiger charge is -2.34. The second-order valence-corrected chi connectivity index (χ2v) is 9.22. The summed E-state index contributed by atoms with van der Waals surface area (Å²) >= 11 is 0. The number of nitrogens with zero attached hydrogens (tertiary/aromatic N) is 2. The highest BCUT2D eigenvalue weighted by Crippen LogP contribution is 2.25. The standard InChI is InChI=1S/C23H19F3N2O3S/c24-19-10-11-20(22(26)21(19)25)32(30,31)28-14-12-27(13-15-28)23(29)18-8-6-17(7-9-18)16-4-2-1-3-5-16/h1-11H,12-15H2. The molecule has 9 heteroatoms. The molecule has 1 fully saturated rings. The first-order chi connectivity index (χ1) is 15.3. The van der Waals surface area contributed by atoms with Gasteiger partial charge < -0.3 is 4.90 Å². The Morgan fingerprint density at radius 2 is 1.31 bits per heavy atom. The number of benzene rings is 3. The van der Waals surface area contributed by atoms with E-state index in [9.17, 15) is 26.4 Å². The smallest absolute Gasteiger partial charge is 0.253 e. The van der Waals surface area contributed by atoms with Crippen molar-refractivity contribution in [2.75, 3.05) is 26.2 Å². The Hall–Kier alpha value is -3.17. The molecule has 1 saturated heterocycles. The summed E-state index contributed by atoms with van der Waals surface area (Å²) in [6.07, 6.45) is 0. The van der Waals surface area contributed by atoms with E-state index >= 15 is 0 Å². The number of halogens is 3. The van der Waals surface area contributed by atoms with E-state index in [4.69, 9.17) is 0 Å². The van der Waals surface area contributed by atoms with Gasteiger partial charge in [0.15, 0.2) is 17.5 Å². The summed E-state index contributed by atoms with van der Waals surface area (Å²) in [6, 6.07) is 18.1. The van der Waals surface area contributed by atoms with Crippen LogP contribution < -0.4 is 0 Å². The Morgan fingerprint density at radius 3 is 1.94 bits per heavy atom. The molecular weight excluding hydrogens is 441 g/mol. The fourth-order valence-corrected chi connectivity index (χ4v) is 5.07. The molecular formula is C23H19F3N2O3S. The molecule has 1 amide bonds. The lowest BCUT2D eigenvalue weighted by molar-refractivity contribution is 0.0697. The third-order valence-electron chi connectivity index (χ3n) is 5.38. The molecule has 0 spiro atoms. The van der Waals surface area contributed by atoms with Gasteiger partial charge in [0, 0.05) is 31.7 Å². The van der Waals surface area contributed by atoms with Gasteiger partial charge in [0.05, 0.1) is 0 Å². The van der Waals surface area contributed by atoms with Gasteiger partial charge in [-0.05, 0) is 35.4 Å². The highest BCUT2D eigenvalue weighted by atomic mass is 32.2. The minimum atomic E-state index is -4.37. The number of rotatable bonds is 4. The molecule has 1 aliphatic rings. The van der Waals surface area contributed by atoms with Gasteiger partial charge in [0.2, 0.25) is 10.0 Å². The molecule has 1 heterocycles. The first-order valence-corrected chi connectivity index (χ1v) is 11.3. The van der Waals surface area contributed by atoms with E-state index in [1.165, 1.54) is 4.90 Å². The molecule has 0 radical (unpaired) electrons. The lowest BCUT2D eigenvalue weighted by Crippen LogP contribution is -2.50. The summed E-state index contributed by atoms with van der Waals surface area (Å²) in [6.45, 7) is -0.00317. The SMILES string of the molecule is O=C(c1ccc(-c2ccccc2)cc1)N1CCN(S(=O)(=O)c2ccc(F)c(F)c2F)CC1. The maximum atomic E-state index is 14.0. The number of hydrogen-bond donors (Lipinski definition) is 0. The Bertz CT molecular complexity index is 1240. The van der Waals surface area contributed by atoms with Gasteiger partial charge in [-0.15, -0.1) is 0 Å². The molecule has 0 N–H and O–H groups in total. The number of sulfonamides is 1. The van der Waals surface area contributed by atoms with E-state index in [2.05, 4.69) is 0 Å². The van der Waals surface area contributed by atoms with Gasteiger partial charge >= 0.3 is 0 Å². The summed E-state index contributed by atoms with van der Waals surface area (Å²) in [4.78, 5) is 13.4. The Balaban J connectivity index is 1.44. The van der Waals surface area contributed by atoms with Crippen molar-refractivity contribution < 1.29 is 26.4 Å². The average Bonchev–Trinajstić information content (AvgIpc) is 2.83. The van der Waals surface area contributed by atoms with E-state index in [0.29, 0.717) is 17.7 Å². The minimum absolute atomic E-state index is 0.0871. The van der Waals surface area contributed by atoms with E-state index in [1.54, 1.807) is 12.1 Å². The molecule has 0 atom stereocenters. The molecule has 32 heavy (non-hydrogen) atoms. The summed E-state index contributed by atoms with van der Waals surface area (Å²) in [5.41, 5.74) is 2.45. The predicted octanol–water partition coefficient (Wildman–Crippen LogP) is 3.92. The van der Waals surface area contributed by atoms with Crippen LogP contribution in [0.15, 0.2) is 71.6 Å². The zero-order valence-electron chi connectivity index (χ0n) is 16.8. The lowest BCUT2D eigenvalue weighted by atomic mass is 10.0. The quantitative estimate of drug-likeness (QED) is 0.555. The largest absolute Gasteiger partial charge is 0.336 e. The normalized spacial score (nSPS) is 15.0. The molecule has 0 aliphatic carbocycles. The fourth-order valence-electron chi connectivity index (χ4n) is 3.60. The molecule has 3 aromatic rings. The van der Waals surface area contributed by atoms with Gasteiger partial charge in [-0.3, -0.25) is 4.79 Å². The van der Waals surface area contributed by atoms with Gasteiger partial charge in [-0.2, -0.15) is 4.31 Å². The van der Waals surface area contributed by atoms with Crippen molar-refractivity contribution in [3.8, 4) is 11.1 Å². The van der Waals surface area contributed by atoms with E-state index in [1.807, 2.05) is 42.5 Å². The first-order valence-electron chi connectivity index (χ1n) is 9.87. The molecule has 1 aliphatic heterocycles. The summed E-state index contributed by atoms with van der Waals surface area (Å²) < 4.78 is 67.0. The van der Waals surface area contributed by atoms with Gasteiger partial charge in [0.1, 0.15) is 4.90 Å². The van der Waals surface area contributed by atoms with Crippen molar-refractivity contribution in [2.24, 2.45) is 0 Å². The third-order valence-corrected chi connectivity index (χ3v) is 7.30. The Morgan fingerprint density at radius 1 is 0.719 bits per heavy atom. The van der Waals surface area contributed by atoms with E-state index in [-0.39, 0.29) is 32.1 Å². The van der Waals surface area contributed by atoms with Crippen molar-refractivity contribution in [3.63, 3.8) is 0 Å². The van der Waals surface area contributed by atoms with Crippen LogP contribution in [-0.2, 0) is 10.0 Å². The first kappa shape index (κ1) is 22.0. The van der Waals surface area contributed by atoms with Crippen LogP contribution in [-0.4, -0.2) is 49.7 Å². The second kappa shape index (κ2) is 8.76. The van der Waals surface area contributed by atoms with Crippen LogP contribution in [0, 0.1) is 17.5 Å². The predicted molar refractivity (Wildman–Crippen MR) is 113 cm³/mol. The summed E-state index contributed by atoms with van der Waals surface area (Å²) in [5.74, 6) is -5.29. The van der Waals surface area contributed by atoms with Crippen molar-refractivity contribution in [2.45, 2.75) is 4.90 Å². The number of carbonyl (C=O) groups excluding carboxylic acids is 1. The average molecular weight is 460 g/mol. The van der Waals surface area contributed by atoms with Crippen molar-refractivity contribution in [3.05, 3.63) is 89.7 Å². The van der Waals surface area contributed by atoms with Gasteiger partial charge in [-0.1, -0.05) is 42.5 Å². The highest BCUT2D eigenvalue weighted by Gasteiger charge is 2.33. The summed E-state index contributed by atoms with van der Waals surface area (Å²) in [5, 5.41) is 0. The number of piperazine rings is 1. The highest BCUT2D eigenvalue weighted by molar-refractivity contribution is 7.89. The van der Waals surface area contributed by atoms with Gasteiger partial charge in [0.25, 0.3) is 5.91 Å². The topological polar surface area (TPSA) is 57.7 Å². The number of hydrogen-bond acceptors (Lipinski definition) is 3. The Labute approximate surface area is 183 Å².